The summed E-state index contributed by atoms with van der Waals surface area (Å²) in [4.78, 5) is 23.9. The molecule has 6 heteroatoms. The Balaban J connectivity index is 2.22. The van der Waals surface area contributed by atoms with Crippen molar-refractivity contribution in [3.8, 4) is 0 Å². The molecule has 0 fully saturated rings. The van der Waals surface area contributed by atoms with Gasteiger partial charge >= 0.3 is 0 Å². The van der Waals surface area contributed by atoms with Crippen molar-refractivity contribution in [2.75, 3.05) is 7.05 Å². The lowest BCUT2D eigenvalue weighted by Gasteiger charge is -2.32. The maximum absolute atomic E-state index is 13.1. The molecule has 0 aliphatic carbocycles. The van der Waals surface area contributed by atoms with Gasteiger partial charge < -0.3 is 5.32 Å². The van der Waals surface area contributed by atoms with Crippen molar-refractivity contribution in [2.24, 2.45) is 10.5 Å². The standard InChI is InChI=1S/C17H22FN3O2/c1-17(2,3)15(11-5-7-12(18)8-6-11)19-16(23)13-9-10-14(22)21(4)20-13/h5-8,15H,9-10H2,1-4H3,(H,19,23). The Labute approximate surface area is 135 Å². The van der Waals surface area contributed by atoms with E-state index in [2.05, 4.69) is 10.4 Å². The predicted molar refractivity (Wildman–Crippen MR) is 86.2 cm³/mol. The third-order valence-corrected chi connectivity index (χ3v) is 3.81. The molecule has 5 nitrogen and oxygen atoms in total. The van der Waals surface area contributed by atoms with Crippen molar-refractivity contribution in [2.45, 2.75) is 39.7 Å². The molecule has 0 aromatic heterocycles. The lowest BCUT2D eigenvalue weighted by Crippen LogP contribution is -2.42. The zero-order valence-corrected chi connectivity index (χ0v) is 13.9. The van der Waals surface area contributed by atoms with Crippen molar-refractivity contribution >= 4 is 17.5 Å². The van der Waals surface area contributed by atoms with Gasteiger partial charge in [-0.15, -0.1) is 0 Å². The monoisotopic (exact) mass is 319 g/mol. The fourth-order valence-corrected chi connectivity index (χ4v) is 2.50. The lowest BCUT2D eigenvalue weighted by atomic mass is 9.82. The zero-order chi connectivity index (χ0) is 17.2. The molecule has 2 amide bonds. The van der Waals surface area contributed by atoms with Crippen LogP contribution in [0.2, 0.25) is 0 Å². The van der Waals surface area contributed by atoms with Gasteiger partial charge in [-0.25, -0.2) is 9.40 Å². The molecule has 0 radical (unpaired) electrons. The molecule has 1 aromatic rings. The van der Waals surface area contributed by atoms with Crippen LogP contribution >= 0.6 is 0 Å². The van der Waals surface area contributed by atoms with E-state index < -0.39 is 0 Å². The quantitative estimate of drug-likeness (QED) is 0.931. The summed E-state index contributed by atoms with van der Waals surface area (Å²) in [6, 6.07) is 5.81. The zero-order valence-electron chi connectivity index (χ0n) is 13.9. The summed E-state index contributed by atoms with van der Waals surface area (Å²) >= 11 is 0. The normalized spacial score (nSPS) is 16.8. The van der Waals surface area contributed by atoms with Gasteiger partial charge in [-0.3, -0.25) is 9.59 Å². The van der Waals surface area contributed by atoms with Crippen LogP contribution in [0.3, 0.4) is 0 Å². The molecule has 1 heterocycles. The summed E-state index contributed by atoms with van der Waals surface area (Å²) in [5.41, 5.74) is 0.904. The second-order valence-electron chi connectivity index (χ2n) is 6.79. The molecule has 0 saturated heterocycles. The fraction of sp³-hybridized carbons (Fsp3) is 0.471. The smallest absolute Gasteiger partial charge is 0.268 e. The van der Waals surface area contributed by atoms with Crippen molar-refractivity contribution in [3.05, 3.63) is 35.6 Å². The van der Waals surface area contributed by atoms with E-state index in [-0.39, 0.29) is 35.5 Å². The van der Waals surface area contributed by atoms with Gasteiger partial charge in [0.2, 0.25) is 5.91 Å². The summed E-state index contributed by atoms with van der Waals surface area (Å²) < 4.78 is 13.1. The van der Waals surface area contributed by atoms with Crippen LogP contribution in [0.25, 0.3) is 0 Å². The highest BCUT2D eigenvalue weighted by Gasteiger charge is 2.30. The number of rotatable bonds is 3. The SMILES string of the molecule is CN1N=C(C(=O)NC(c2ccc(F)cc2)C(C)(C)C)CCC1=O. The Morgan fingerprint density at radius 1 is 1.26 bits per heavy atom. The van der Waals surface area contributed by atoms with Crippen molar-refractivity contribution in [1.82, 2.24) is 10.3 Å². The number of nitrogens with zero attached hydrogens (tertiary/aromatic N) is 2. The van der Waals surface area contributed by atoms with Gasteiger partial charge in [-0.1, -0.05) is 32.9 Å². The van der Waals surface area contributed by atoms with Crippen LogP contribution < -0.4 is 5.32 Å². The van der Waals surface area contributed by atoms with Gasteiger partial charge in [0.05, 0.1) is 6.04 Å². The average Bonchev–Trinajstić information content (AvgIpc) is 2.47. The Hall–Kier alpha value is -2.24. The van der Waals surface area contributed by atoms with Gasteiger partial charge in [0.1, 0.15) is 11.5 Å². The van der Waals surface area contributed by atoms with Crippen molar-refractivity contribution < 1.29 is 14.0 Å². The number of carbonyl (C=O) groups is 2. The molecule has 1 unspecified atom stereocenters. The number of hydrogen-bond acceptors (Lipinski definition) is 3. The first-order chi connectivity index (χ1) is 10.7. The minimum absolute atomic E-state index is 0.104. The first-order valence-electron chi connectivity index (χ1n) is 7.59. The van der Waals surface area contributed by atoms with Crippen LogP contribution in [0.1, 0.15) is 45.2 Å². The molecule has 1 aliphatic heterocycles. The number of hydrazone groups is 1. The third-order valence-electron chi connectivity index (χ3n) is 3.81. The van der Waals surface area contributed by atoms with E-state index in [1.54, 1.807) is 12.1 Å². The highest BCUT2D eigenvalue weighted by atomic mass is 19.1. The summed E-state index contributed by atoms with van der Waals surface area (Å²) in [6.45, 7) is 6.00. The second kappa shape index (κ2) is 6.48. The van der Waals surface area contributed by atoms with E-state index in [0.717, 1.165) is 5.56 Å². The maximum atomic E-state index is 13.1. The Morgan fingerprint density at radius 3 is 2.39 bits per heavy atom. The molecule has 1 atom stereocenters. The minimum Gasteiger partial charge on any atom is -0.344 e. The molecule has 124 valence electrons. The van der Waals surface area contributed by atoms with Crippen molar-refractivity contribution in [1.29, 1.82) is 0 Å². The number of benzene rings is 1. The highest BCUT2D eigenvalue weighted by Crippen LogP contribution is 2.33. The Morgan fingerprint density at radius 2 is 1.87 bits per heavy atom. The largest absolute Gasteiger partial charge is 0.344 e. The van der Waals surface area contributed by atoms with Crippen LogP contribution in [0, 0.1) is 11.2 Å². The van der Waals surface area contributed by atoms with Gasteiger partial charge in [0, 0.05) is 19.9 Å². The number of carbonyl (C=O) groups excluding carboxylic acids is 2. The van der Waals surface area contributed by atoms with Crippen LogP contribution in [0.4, 0.5) is 4.39 Å². The Kier molecular flexibility index (Phi) is 4.82. The molecule has 2 rings (SSSR count). The molecule has 1 aromatic carbocycles. The molecular formula is C17H22FN3O2. The number of halogens is 1. The predicted octanol–water partition coefficient (Wildman–Crippen LogP) is 2.64. The fourth-order valence-electron chi connectivity index (χ4n) is 2.50. The highest BCUT2D eigenvalue weighted by molar-refractivity contribution is 6.39. The molecule has 23 heavy (non-hydrogen) atoms. The topological polar surface area (TPSA) is 61.8 Å². The summed E-state index contributed by atoms with van der Waals surface area (Å²) in [7, 11) is 1.54. The van der Waals surface area contributed by atoms with Gasteiger partial charge in [-0.05, 0) is 23.1 Å². The molecule has 1 N–H and O–H groups in total. The average molecular weight is 319 g/mol. The van der Waals surface area contributed by atoms with Crippen LogP contribution in [-0.2, 0) is 9.59 Å². The van der Waals surface area contributed by atoms with E-state index in [1.165, 1.54) is 24.2 Å². The summed E-state index contributed by atoms with van der Waals surface area (Å²) in [5.74, 6) is -0.717. The first-order valence-corrected chi connectivity index (χ1v) is 7.59. The van der Waals surface area contributed by atoms with Gasteiger partial charge in [-0.2, -0.15) is 5.10 Å². The van der Waals surface area contributed by atoms with Crippen LogP contribution in [0.15, 0.2) is 29.4 Å². The molecule has 1 aliphatic rings. The van der Waals surface area contributed by atoms with E-state index in [1.807, 2.05) is 20.8 Å². The second-order valence-corrected chi connectivity index (χ2v) is 6.79. The number of amides is 2. The third kappa shape index (κ3) is 4.15. The summed E-state index contributed by atoms with van der Waals surface area (Å²) in [5, 5.41) is 8.20. The lowest BCUT2D eigenvalue weighted by molar-refractivity contribution is -0.130. The molecular weight excluding hydrogens is 297 g/mol. The van der Waals surface area contributed by atoms with Gasteiger partial charge in [0.15, 0.2) is 0 Å². The molecule has 0 saturated carbocycles. The number of hydrogen-bond donors (Lipinski definition) is 1. The first kappa shape index (κ1) is 17.1. The van der Waals surface area contributed by atoms with Crippen molar-refractivity contribution in [3.63, 3.8) is 0 Å². The Bertz CT molecular complexity index is 632. The number of nitrogens with one attached hydrogen (secondary N) is 1. The minimum atomic E-state index is -0.315. The van der Waals surface area contributed by atoms with E-state index >= 15 is 0 Å². The van der Waals surface area contributed by atoms with Gasteiger partial charge in [0.25, 0.3) is 5.91 Å². The van der Waals surface area contributed by atoms with E-state index in [9.17, 15) is 14.0 Å². The van der Waals surface area contributed by atoms with E-state index in [0.29, 0.717) is 12.1 Å². The van der Waals surface area contributed by atoms with Crippen LogP contribution in [0.5, 0.6) is 0 Å². The summed E-state index contributed by atoms with van der Waals surface area (Å²) in [6.07, 6.45) is 0.606. The van der Waals surface area contributed by atoms with E-state index in [4.69, 9.17) is 0 Å². The van der Waals surface area contributed by atoms with Crippen LogP contribution in [-0.4, -0.2) is 29.6 Å². The molecule has 0 spiro atoms. The molecule has 0 bridgehead atoms. The maximum Gasteiger partial charge on any atom is 0.268 e.